The molecule has 0 aliphatic carbocycles. The van der Waals surface area contributed by atoms with Crippen LogP contribution in [0.3, 0.4) is 0 Å². The Morgan fingerprint density at radius 2 is 2.18 bits per heavy atom. The third-order valence-corrected chi connectivity index (χ3v) is 3.95. The van der Waals surface area contributed by atoms with E-state index in [1.807, 2.05) is 25.1 Å². The second-order valence-corrected chi connectivity index (χ2v) is 5.89. The molecule has 0 spiro atoms. The molecule has 122 valence electrons. The summed E-state index contributed by atoms with van der Waals surface area (Å²) in [4.78, 5) is 16.3. The quantitative estimate of drug-likeness (QED) is 0.829. The Kier molecular flexibility index (Phi) is 9.64. The van der Waals surface area contributed by atoms with Crippen LogP contribution in [0.1, 0.15) is 17.4 Å². The number of benzene rings is 1. The van der Waals surface area contributed by atoms with Crippen molar-refractivity contribution >= 4 is 53.7 Å². The summed E-state index contributed by atoms with van der Waals surface area (Å²) in [5, 5.41) is 6.01. The number of aromatic nitrogens is 1. The summed E-state index contributed by atoms with van der Waals surface area (Å²) >= 11 is 7.37. The molecule has 1 atom stereocenters. The number of amides is 1. The number of hydrogen-bond donors (Lipinski definition) is 2. The number of nitrogens with one attached hydrogen (secondary N) is 1. The standard InChI is InChI=1S/C14H16ClN3OS.2ClH/c1-9(6-16)7-17-13(19)12-8-20-14(18-12)10-3-2-4-11(15)5-10;;/h2-5,8-9H,6-7,16H2,1H3,(H,17,19);2*1H. The SMILES string of the molecule is CC(CN)CNC(=O)c1csc(-c2cccc(Cl)c2)n1.Cl.Cl. The van der Waals surface area contributed by atoms with Crippen molar-refractivity contribution in [2.24, 2.45) is 11.7 Å². The van der Waals surface area contributed by atoms with E-state index in [0.717, 1.165) is 10.6 Å². The van der Waals surface area contributed by atoms with Crippen LogP contribution < -0.4 is 11.1 Å². The minimum atomic E-state index is -0.171. The number of rotatable bonds is 5. The molecule has 1 aromatic heterocycles. The predicted octanol–water partition coefficient (Wildman–Crippen LogP) is 3.63. The van der Waals surface area contributed by atoms with Gasteiger partial charge in [-0.3, -0.25) is 4.79 Å². The van der Waals surface area contributed by atoms with E-state index < -0.39 is 0 Å². The molecule has 4 nitrogen and oxygen atoms in total. The Morgan fingerprint density at radius 3 is 2.82 bits per heavy atom. The maximum Gasteiger partial charge on any atom is 0.270 e. The van der Waals surface area contributed by atoms with E-state index in [-0.39, 0.29) is 36.6 Å². The third-order valence-electron chi connectivity index (χ3n) is 2.82. The van der Waals surface area contributed by atoms with E-state index in [9.17, 15) is 4.79 Å². The largest absolute Gasteiger partial charge is 0.350 e. The fourth-order valence-electron chi connectivity index (χ4n) is 1.57. The Labute approximate surface area is 151 Å². The second kappa shape index (κ2) is 10.0. The molecule has 0 bridgehead atoms. The highest BCUT2D eigenvalue weighted by atomic mass is 35.5. The van der Waals surface area contributed by atoms with Crippen LogP contribution in [-0.2, 0) is 0 Å². The first-order chi connectivity index (χ1) is 9.60. The van der Waals surface area contributed by atoms with Gasteiger partial charge in [-0.05, 0) is 24.6 Å². The number of carbonyl (C=O) groups is 1. The zero-order chi connectivity index (χ0) is 14.5. The zero-order valence-electron chi connectivity index (χ0n) is 11.9. The lowest BCUT2D eigenvalue weighted by Crippen LogP contribution is -2.31. The van der Waals surface area contributed by atoms with Gasteiger partial charge in [0.15, 0.2) is 0 Å². The van der Waals surface area contributed by atoms with Crippen LogP contribution in [0.2, 0.25) is 5.02 Å². The molecule has 1 heterocycles. The van der Waals surface area contributed by atoms with Gasteiger partial charge in [0.25, 0.3) is 5.91 Å². The molecule has 1 aromatic carbocycles. The van der Waals surface area contributed by atoms with Gasteiger partial charge in [-0.25, -0.2) is 4.98 Å². The van der Waals surface area contributed by atoms with Gasteiger partial charge in [0.1, 0.15) is 10.7 Å². The second-order valence-electron chi connectivity index (χ2n) is 4.60. The minimum Gasteiger partial charge on any atom is -0.350 e. The van der Waals surface area contributed by atoms with Gasteiger partial charge >= 0.3 is 0 Å². The molecule has 0 aliphatic rings. The fourth-order valence-corrected chi connectivity index (χ4v) is 2.56. The molecule has 0 radical (unpaired) electrons. The molecule has 0 aliphatic heterocycles. The number of thiazole rings is 1. The Bertz CT molecular complexity index is 607. The van der Waals surface area contributed by atoms with Gasteiger partial charge in [0, 0.05) is 22.5 Å². The maximum atomic E-state index is 11.9. The molecular formula is C14H18Cl3N3OS. The number of nitrogens with zero attached hydrogens (tertiary/aromatic N) is 1. The van der Waals surface area contributed by atoms with Crippen LogP contribution >= 0.6 is 47.8 Å². The fraction of sp³-hybridized carbons (Fsp3) is 0.286. The van der Waals surface area contributed by atoms with Crippen LogP contribution in [0, 0.1) is 5.92 Å². The first-order valence-corrected chi connectivity index (χ1v) is 7.55. The lowest BCUT2D eigenvalue weighted by Gasteiger charge is -2.08. The monoisotopic (exact) mass is 381 g/mol. The average Bonchev–Trinajstić information content (AvgIpc) is 2.94. The molecule has 0 saturated heterocycles. The number of carbonyl (C=O) groups excluding carboxylic acids is 1. The molecule has 1 unspecified atom stereocenters. The van der Waals surface area contributed by atoms with Gasteiger partial charge in [0.05, 0.1) is 0 Å². The van der Waals surface area contributed by atoms with Gasteiger partial charge in [-0.15, -0.1) is 36.2 Å². The third kappa shape index (κ3) is 5.74. The van der Waals surface area contributed by atoms with Crippen molar-refractivity contribution in [2.45, 2.75) is 6.92 Å². The molecule has 0 saturated carbocycles. The molecule has 3 N–H and O–H groups in total. The summed E-state index contributed by atoms with van der Waals surface area (Å²) in [6, 6.07) is 7.42. The summed E-state index contributed by atoms with van der Waals surface area (Å²) in [6.07, 6.45) is 0. The van der Waals surface area contributed by atoms with Crippen LogP contribution in [0.4, 0.5) is 0 Å². The van der Waals surface area contributed by atoms with Crippen molar-refractivity contribution in [2.75, 3.05) is 13.1 Å². The first kappa shape index (κ1) is 21.1. The van der Waals surface area contributed by atoms with Crippen molar-refractivity contribution in [1.82, 2.24) is 10.3 Å². The van der Waals surface area contributed by atoms with Crippen molar-refractivity contribution in [1.29, 1.82) is 0 Å². The Hall–Kier alpha value is -0.850. The molecule has 8 heteroatoms. The predicted molar refractivity (Wildman–Crippen MR) is 97.6 cm³/mol. The van der Waals surface area contributed by atoms with Crippen molar-refractivity contribution in [3.05, 3.63) is 40.4 Å². The summed E-state index contributed by atoms with van der Waals surface area (Å²) in [7, 11) is 0. The summed E-state index contributed by atoms with van der Waals surface area (Å²) in [6.45, 7) is 3.09. The zero-order valence-corrected chi connectivity index (χ0v) is 15.1. The molecule has 22 heavy (non-hydrogen) atoms. The summed E-state index contributed by atoms with van der Waals surface area (Å²) < 4.78 is 0. The van der Waals surface area contributed by atoms with Gasteiger partial charge in [0.2, 0.25) is 0 Å². The van der Waals surface area contributed by atoms with E-state index in [1.54, 1.807) is 11.4 Å². The molecule has 2 aromatic rings. The van der Waals surface area contributed by atoms with E-state index in [0.29, 0.717) is 23.8 Å². The summed E-state index contributed by atoms with van der Waals surface area (Å²) in [5.41, 5.74) is 6.85. The lowest BCUT2D eigenvalue weighted by atomic mass is 10.2. The van der Waals surface area contributed by atoms with Crippen molar-refractivity contribution in [3.8, 4) is 10.6 Å². The van der Waals surface area contributed by atoms with Gasteiger partial charge in [-0.2, -0.15) is 0 Å². The van der Waals surface area contributed by atoms with E-state index in [4.69, 9.17) is 17.3 Å². The highest BCUT2D eigenvalue weighted by Gasteiger charge is 2.12. The number of hydrogen-bond acceptors (Lipinski definition) is 4. The van der Waals surface area contributed by atoms with Crippen molar-refractivity contribution < 1.29 is 4.79 Å². The van der Waals surface area contributed by atoms with Crippen LogP contribution in [0.25, 0.3) is 10.6 Å². The molecular weight excluding hydrogens is 365 g/mol. The minimum absolute atomic E-state index is 0. The van der Waals surface area contributed by atoms with Crippen molar-refractivity contribution in [3.63, 3.8) is 0 Å². The Balaban J connectivity index is 0.00000220. The normalized spacial score (nSPS) is 11.0. The number of nitrogens with two attached hydrogens (primary N) is 1. The smallest absolute Gasteiger partial charge is 0.270 e. The van der Waals surface area contributed by atoms with E-state index in [2.05, 4.69) is 10.3 Å². The maximum absolute atomic E-state index is 11.9. The average molecular weight is 383 g/mol. The highest BCUT2D eigenvalue weighted by Crippen LogP contribution is 2.25. The highest BCUT2D eigenvalue weighted by molar-refractivity contribution is 7.13. The molecule has 2 rings (SSSR count). The van der Waals surface area contributed by atoms with Crippen LogP contribution in [-0.4, -0.2) is 24.0 Å². The summed E-state index contributed by atoms with van der Waals surface area (Å²) in [5.74, 6) is 0.0832. The van der Waals surface area contributed by atoms with Crippen LogP contribution in [0.5, 0.6) is 0 Å². The lowest BCUT2D eigenvalue weighted by molar-refractivity contribution is 0.0944. The van der Waals surface area contributed by atoms with Gasteiger partial charge < -0.3 is 11.1 Å². The van der Waals surface area contributed by atoms with E-state index in [1.165, 1.54) is 11.3 Å². The number of halogens is 3. The van der Waals surface area contributed by atoms with Gasteiger partial charge in [-0.1, -0.05) is 30.7 Å². The van der Waals surface area contributed by atoms with E-state index >= 15 is 0 Å². The topological polar surface area (TPSA) is 68.0 Å². The van der Waals surface area contributed by atoms with Crippen LogP contribution in [0.15, 0.2) is 29.6 Å². The molecule has 0 fully saturated rings. The first-order valence-electron chi connectivity index (χ1n) is 6.30. The molecule has 1 amide bonds. The Morgan fingerprint density at radius 1 is 1.45 bits per heavy atom.